The number of hydrogen-bond donors (Lipinski definition) is 1. The Morgan fingerprint density at radius 1 is 1.40 bits per heavy atom. The first-order valence-electron chi connectivity index (χ1n) is 9.67. The van der Waals surface area contributed by atoms with E-state index in [-0.39, 0.29) is 23.8 Å². The van der Waals surface area contributed by atoms with Crippen molar-refractivity contribution in [2.75, 3.05) is 18.3 Å². The first kappa shape index (κ1) is 26.3. The van der Waals surface area contributed by atoms with E-state index in [0.29, 0.717) is 5.56 Å². The van der Waals surface area contributed by atoms with E-state index in [0.717, 1.165) is 34.7 Å². The number of carbonyl (C=O) groups excluding carboxylic acids is 3. The van der Waals surface area contributed by atoms with Crippen LogP contribution in [0.15, 0.2) is 35.7 Å². The number of fused-ring (bicyclic) bond motifs is 1. The number of rotatable bonds is 9. The molecule has 186 valence electrons. The molecule has 0 saturated carbocycles. The van der Waals surface area contributed by atoms with Crippen molar-refractivity contribution in [1.82, 2.24) is 10.2 Å². The van der Waals surface area contributed by atoms with Gasteiger partial charge in [-0.2, -0.15) is 13.7 Å². The van der Waals surface area contributed by atoms with Crippen molar-refractivity contribution in [1.29, 1.82) is 5.26 Å². The lowest BCUT2D eigenvalue weighted by Crippen LogP contribution is -2.71. The number of esters is 1. The summed E-state index contributed by atoms with van der Waals surface area (Å²) in [6.45, 7) is -0.315. The van der Waals surface area contributed by atoms with Gasteiger partial charge in [0.05, 0.1) is 23.0 Å². The average Bonchev–Trinajstić information content (AvgIpc) is 2.80. The van der Waals surface area contributed by atoms with E-state index in [9.17, 15) is 32.9 Å². The summed E-state index contributed by atoms with van der Waals surface area (Å²) in [5, 5.41) is 20.5. The van der Waals surface area contributed by atoms with Gasteiger partial charge in [-0.25, -0.2) is 4.79 Å². The average molecular weight is 543 g/mol. The molecule has 0 bridgehead atoms. The Bertz CT molecular complexity index is 1240. The molecule has 16 heteroatoms. The molecule has 1 aromatic carbocycles. The molecule has 0 aromatic heterocycles. The minimum Gasteiger partial charge on any atom is -0.456 e. The van der Waals surface area contributed by atoms with Gasteiger partial charge in [0, 0.05) is 12.1 Å². The van der Waals surface area contributed by atoms with Gasteiger partial charge in [-0.05, 0) is 24.0 Å². The van der Waals surface area contributed by atoms with Gasteiger partial charge < -0.3 is 14.2 Å². The van der Waals surface area contributed by atoms with Gasteiger partial charge in [0.1, 0.15) is 18.0 Å². The summed E-state index contributed by atoms with van der Waals surface area (Å²) < 4.78 is 33.6. The van der Waals surface area contributed by atoms with E-state index < -0.39 is 55.2 Å². The number of carbonyl (C=O) groups is 3. The Morgan fingerprint density at radius 3 is 2.60 bits per heavy atom. The summed E-state index contributed by atoms with van der Waals surface area (Å²) in [4.78, 5) is 49.1. The molecule has 3 atom stereocenters. The largest absolute Gasteiger partial charge is 0.456 e. The van der Waals surface area contributed by atoms with E-state index in [4.69, 9.17) is 14.2 Å². The van der Waals surface area contributed by atoms with Crippen LogP contribution in [0.25, 0.3) is 0 Å². The number of nitro benzene ring substituents is 1. The molecule has 2 aliphatic rings. The minimum atomic E-state index is -4.04. The molecular formula is C19H18N4O9S3. The van der Waals surface area contributed by atoms with Crippen molar-refractivity contribution in [3.05, 3.63) is 51.4 Å². The number of nitriles is 1. The van der Waals surface area contributed by atoms with E-state index in [1.807, 2.05) is 0 Å². The summed E-state index contributed by atoms with van der Waals surface area (Å²) in [5.74, 6) is -2.84. The fourth-order valence-electron chi connectivity index (χ4n) is 3.21. The molecule has 13 nitrogen and oxygen atoms in total. The third-order valence-corrected chi connectivity index (χ3v) is 7.33. The predicted molar refractivity (Wildman–Crippen MR) is 124 cm³/mol. The van der Waals surface area contributed by atoms with Gasteiger partial charge in [-0.15, -0.1) is 23.5 Å². The number of nitrogens with one attached hydrogen (secondary N) is 1. The molecule has 2 amide bonds. The molecule has 0 aliphatic carbocycles. The van der Waals surface area contributed by atoms with Crippen molar-refractivity contribution in [3.8, 4) is 6.07 Å². The standard InChI is InChI=1S/C19H18N4O9S3/c1-33-13(7-20)16(24)21-14-17(25)22-15(12(9-34-18(14)22)32-35(2,29)30)19(26)31-8-10-3-5-11(6-4-10)23(27)28/h3-6,13-14,18H,8-9H2,1-2H3,(H,21,24)/t13?,14?,18-/m0/s1. The van der Waals surface area contributed by atoms with Crippen molar-refractivity contribution < 1.29 is 36.6 Å². The van der Waals surface area contributed by atoms with Crippen LogP contribution in [0.1, 0.15) is 5.56 Å². The quantitative estimate of drug-likeness (QED) is 0.150. The number of thioether (sulfide) groups is 2. The Hall–Kier alpha value is -3.29. The fraction of sp³-hybridized carbons (Fsp3) is 0.368. The zero-order valence-corrected chi connectivity index (χ0v) is 20.6. The van der Waals surface area contributed by atoms with Crippen LogP contribution in [0.3, 0.4) is 0 Å². The molecule has 35 heavy (non-hydrogen) atoms. The van der Waals surface area contributed by atoms with Gasteiger partial charge in [-0.1, -0.05) is 0 Å². The monoisotopic (exact) mass is 542 g/mol. The second kappa shape index (κ2) is 10.5. The lowest BCUT2D eigenvalue weighted by atomic mass is 10.0. The van der Waals surface area contributed by atoms with Crippen molar-refractivity contribution in [2.45, 2.75) is 23.3 Å². The molecular weight excluding hydrogens is 524 g/mol. The third-order valence-electron chi connectivity index (χ3n) is 4.78. The van der Waals surface area contributed by atoms with Crippen LogP contribution in [0, 0.1) is 21.4 Å². The number of ether oxygens (including phenoxy) is 1. The van der Waals surface area contributed by atoms with Crippen LogP contribution in [0.2, 0.25) is 0 Å². The van der Waals surface area contributed by atoms with Crippen molar-refractivity contribution >= 4 is 57.1 Å². The molecule has 2 unspecified atom stereocenters. The molecule has 1 aromatic rings. The highest BCUT2D eigenvalue weighted by atomic mass is 32.2. The zero-order chi connectivity index (χ0) is 25.9. The summed E-state index contributed by atoms with van der Waals surface area (Å²) >= 11 is 2.06. The normalized spacial score (nSPS) is 20.1. The van der Waals surface area contributed by atoms with E-state index in [2.05, 4.69) is 5.32 Å². The lowest BCUT2D eigenvalue weighted by Gasteiger charge is -2.49. The number of hydrogen-bond acceptors (Lipinski definition) is 12. The third kappa shape index (κ3) is 5.86. The SMILES string of the molecule is CSC(C#N)C(=O)NC1C(=O)N2C(C(=O)OCc3ccc([N+](=O)[O-])cc3)=C(OS(C)(=O)=O)CS[C@@H]12. The number of β-lactam (4-membered cyclic amide) rings is 1. The highest BCUT2D eigenvalue weighted by Crippen LogP contribution is 2.41. The van der Waals surface area contributed by atoms with E-state index in [1.165, 1.54) is 24.3 Å². The molecule has 3 rings (SSSR count). The predicted octanol–water partition coefficient (Wildman–Crippen LogP) is 0.481. The maximum Gasteiger partial charge on any atom is 0.359 e. The summed E-state index contributed by atoms with van der Waals surface area (Å²) in [7, 11) is -4.04. The van der Waals surface area contributed by atoms with E-state index in [1.54, 1.807) is 12.3 Å². The van der Waals surface area contributed by atoms with Crippen molar-refractivity contribution in [3.63, 3.8) is 0 Å². The number of benzene rings is 1. The van der Waals surface area contributed by atoms with Gasteiger partial charge in [0.15, 0.2) is 16.7 Å². The minimum absolute atomic E-state index is 0.111. The molecule has 2 heterocycles. The molecule has 2 aliphatic heterocycles. The molecule has 0 spiro atoms. The Labute approximate surface area is 208 Å². The summed E-state index contributed by atoms with van der Waals surface area (Å²) in [6.07, 6.45) is 2.34. The maximum atomic E-state index is 12.9. The summed E-state index contributed by atoms with van der Waals surface area (Å²) in [6, 6.07) is 5.98. The van der Waals surface area contributed by atoms with Crippen LogP contribution in [0.4, 0.5) is 5.69 Å². The van der Waals surface area contributed by atoms with Gasteiger partial charge in [0.25, 0.3) is 11.6 Å². The highest BCUT2D eigenvalue weighted by Gasteiger charge is 2.55. The first-order chi connectivity index (χ1) is 16.5. The van der Waals surface area contributed by atoms with Gasteiger partial charge >= 0.3 is 16.1 Å². The van der Waals surface area contributed by atoms with Crippen LogP contribution in [-0.2, 0) is 40.0 Å². The Kier molecular flexibility index (Phi) is 7.93. The number of nitro groups is 1. The Morgan fingerprint density at radius 2 is 2.06 bits per heavy atom. The Balaban J connectivity index is 1.80. The number of non-ortho nitro benzene ring substituents is 1. The topological polar surface area (TPSA) is 186 Å². The summed E-state index contributed by atoms with van der Waals surface area (Å²) in [5.41, 5.74) is -0.159. The van der Waals surface area contributed by atoms with Crippen LogP contribution < -0.4 is 5.32 Å². The highest BCUT2D eigenvalue weighted by molar-refractivity contribution is 8.00. The first-order valence-corrected chi connectivity index (χ1v) is 13.8. The second-order valence-electron chi connectivity index (χ2n) is 7.20. The van der Waals surface area contributed by atoms with Crippen LogP contribution in [0.5, 0.6) is 0 Å². The van der Waals surface area contributed by atoms with Gasteiger partial charge in [-0.3, -0.25) is 24.6 Å². The smallest absolute Gasteiger partial charge is 0.359 e. The lowest BCUT2D eigenvalue weighted by molar-refractivity contribution is -0.384. The maximum absolute atomic E-state index is 12.9. The van der Waals surface area contributed by atoms with Crippen LogP contribution in [-0.4, -0.2) is 71.0 Å². The molecule has 0 radical (unpaired) electrons. The number of nitrogens with zero attached hydrogens (tertiary/aromatic N) is 3. The number of amides is 2. The van der Waals surface area contributed by atoms with Crippen LogP contribution >= 0.6 is 23.5 Å². The second-order valence-corrected chi connectivity index (χ2v) is 10.8. The fourth-order valence-corrected chi connectivity index (χ4v) is 5.42. The van der Waals surface area contributed by atoms with Gasteiger partial charge in [0.2, 0.25) is 5.91 Å². The molecule has 1 saturated heterocycles. The molecule has 1 fully saturated rings. The molecule has 1 N–H and O–H groups in total. The zero-order valence-electron chi connectivity index (χ0n) is 18.2. The van der Waals surface area contributed by atoms with E-state index >= 15 is 0 Å². The van der Waals surface area contributed by atoms with Crippen molar-refractivity contribution in [2.24, 2.45) is 0 Å².